The minimum absolute atomic E-state index is 0.0508. The summed E-state index contributed by atoms with van der Waals surface area (Å²) in [5.41, 5.74) is 0.995. The first-order chi connectivity index (χ1) is 10.2. The molecule has 0 saturated carbocycles. The van der Waals surface area contributed by atoms with E-state index >= 15 is 0 Å². The van der Waals surface area contributed by atoms with Crippen molar-refractivity contribution >= 4 is 5.91 Å². The summed E-state index contributed by atoms with van der Waals surface area (Å²) in [7, 11) is 0. The number of aryl methyl sites for hydroxylation is 1. The number of carbonyl (C=O) groups excluding carboxylic acids is 1. The summed E-state index contributed by atoms with van der Waals surface area (Å²) in [4.78, 5) is 12.0. The highest BCUT2D eigenvalue weighted by atomic mass is 16.5. The first-order valence-electron chi connectivity index (χ1n) is 6.79. The van der Waals surface area contributed by atoms with Crippen molar-refractivity contribution < 1.29 is 18.8 Å². The maximum atomic E-state index is 12.0. The van der Waals surface area contributed by atoms with E-state index in [2.05, 4.69) is 10.5 Å². The Hall–Kier alpha value is -2.50. The van der Waals surface area contributed by atoms with Gasteiger partial charge < -0.3 is 19.3 Å². The molecule has 21 heavy (non-hydrogen) atoms. The van der Waals surface area contributed by atoms with Gasteiger partial charge in [-0.15, -0.1) is 0 Å². The number of hydrogen-bond donors (Lipinski definition) is 1. The maximum absolute atomic E-state index is 12.0. The van der Waals surface area contributed by atoms with Crippen molar-refractivity contribution in [2.45, 2.75) is 19.4 Å². The lowest BCUT2D eigenvalue weighted by molar-refractivity contribution is -0.124. The topological polar surface area (TPSA) is 73.6 Å². The zero-order valence-electron chi connectivity index (χ0n) is 11.7. The van der Waals surface area contributed by atoms with Gasteiger partial charge in [0.25, 0.3) is 11.8 Å². The van der Waals surface area contributed by atoms with Gasteiger partial charge in [-0.1, -0.05) is 18.2 Å². The number of rotatable bonds is 4. The van der Waals surface area contributed by atoms with Gasteiger partial charge in [0.15, 0.2) is 6.61 Å². The lowest BCUT2D eigenvalue weighted by Gasteiger charge is -2.26. The molecule has 0 aliphatic carbocycles. The van der Waals surface area contributed by atoms with Crippen molar-refractivity contribution in [1.29, 1.82) is 0 Å². The number of carbonyl (C=O) groups is 1. The molecule has 6 nitrogen and oxygen atoms in total. The summed E-state index contributed by atoms with van der Waals surface area (Å²) in [6.07, 6.45) is 0.742. The van der Waals surface area contributed by atoms with Crippen molar-refractivity contribution in [2.75, 3.05) is 13.2 Å². The fourth-order valence-corrected chi connectivity index (χ4v) is 2.28. The molecule has 1 aliphatic rings. The van der Waals surface area contributed by atoms with Crippen LogP contribution in [0, 0.1) is 6.92 Å². The van der Waals surface area contributed by atoms with Crippen LogP contribution in [0.3, 0.4) is 0 Å². The van der Waals surface area contributed by atoms with Crippen LogP contribution in [0.2, 0.25) is 0 Å². The van der Waals surface area contributed by atoms with Crippen LogP contribution < -0.4 is 14.8 Å². The Labute approximate surface area is 122 Å². The fourth-order valence-electron chi connectivity index (χ4n) is 2.28. The number of hydrogen-bond acceptors (Lipinski definition) is 5. The van der Waals surface area contributed by atoms with Crippen LogP contribution in [0.4, 0.5) is 0 Å². The largest absolute Gasteiger partial charge is 0.493 e. The van der Waals surface area contributed by atoms with E-state index in [1.54, 1.807) is 13.0 Å². The molecular formula is C15H16N2O4. The summed E-state index contributed by atoms with van der Waals surface area (Å²) in [5.74, 6) is 1.58. The molecule has 1 atom stereocenters. The number of nitrogens with zero attached hydrogens (tertiary/aromatic N) is 1. The predicted molar refractivity (Wildman–Crippen MR) is 74.2 cm³/mol. The Morgan fingerprint density at radius 3 is 3.14 bits per heavy atom. The van der Waals surface area contributed by atoms with E-state index < -0.39 is 0 Å². The zero-order chi connectivity index (χ0) is 14.7. The molecule has 0 fully saturated rings. The van der Waals surface area contributed by atoms with E-state index in [4.69, 9.17) is 14.0 Å². The van der Waals surface area contributed by atoms with E-state index in [-0.39, 0.29) is 18.6 Å². The first kappa shape index (κ1) is 13.5. The van der Waals surface area contributed by atoms with Crippen LogP contribution in [0.5, 0.6) is 11.6 Å². The van der Waals surface area contributed by atoms with Gasteiger partial charge >= 0.3 is 0 Å². The number of fused-ring (bicyclic) bond motifs is 1. The average molecular weight is 288 g/mol. The van der Waals surface area contributed by atoms with Crippen molar-refractivity contribution in [2.24, 2.45) is 0 Å². The maximum Gasteiger partial charge on any atom is 0.258 e. The second-order valence-corrected chi connectivity index (χ2v) is 4.86. The molecule has 0 bridgehead atoms. The SMILES string of the molecule is Cc1cc(OCC(=O)NC2CCOc3ccccc32)no1. The molecule has 1 unspecified atom stereocenters. The number of amides is 1. The molecule has 0 radical (unpaired) electrons. The summed E-state index contributed by atoms with van der Waals surface area (Å²) in [6.45, 7) is 2.26. The highest BCUT2D eigenvalue weighted by molar-refractivity contribution is 5.78. The fraction of sp³-hybridized carbons (Fsp3) is 0.333. The number of ether oxygens (including phenoxy) is 2. The molecule has 1 amide bonds. The molecular weight excluding hydrogens is 272 g/mol. The normalized spacial score (nSPS) is 16.7. The zero-order valence-corrected chi connectivity index (χ0v) is 11.7. The quantitative estimate of drug-likeness (QED) is 0.931. The summed E-state index contributed by atoms with van der Waals surface area (Å²) in [5, 5.41) is 6.62. The van der Waals surface area contributed by atoms with Crippen LogP contribution in [-0.4, -0.2) is 24.3 Å². The molecule has 0 saturated heterocycles. The first-order valence-corrected chi connectivity index (χ1v) is 6.79. The van der Waals surface area contributed by atoms with E-state index in [0.717, 1.165) is 17.7 Å². The standard InChI is InChI=1S/C15H16N2O4/c1-10-8-15(17-21-10)20-9-14(18)16-12-6-7-19-13-5-3-2-4-11(12)13/h2-5,8,12H,6-7,9H2,1H3,(H,16,18). The number of nitrogens with one attached hydrogen (secondary N) is 1. The van der Waals surface area contributed by atoms with Crippen LogP contribution in [0.1, 0.15) is 23.8 Å². The smallest absolute Gasteiger partial charge is 0.258 e. The summed E-state index contributed by atoms with van der Waals surface area (Å²) in [6, 6.07) is 9.30. The van der Waals surface area contributed by atoms with Gasteiger partial charge in [0.1, 0.15) is 11.5 Å². The Morgan fingerprint density at radius 2 is 2.33 bits per heavy atom. The molecule has 1 N–H and O–H groups in total. The van der Waals surface area contributed by atoms with E-state index in [9.17, 15) is 4.79 Å². The monoisotopic (exact) mass is 288 g/mol. The van der Waals surface area contributed by atoms with Crippen molar-refractivity contribution in [3.63, 3.8) is 0 Å². The highest BCUT2D eigenvalue weighted by Gasteiger charge is 2.22. The Morgan fingerprint density at radius 1 is 1.48 bits per heavy atom. The molecule has 0 spiro atoms. The van der Waals surface area contributed by atoms with E-state index in [1.807, 2.05) is 24.3 Å². The van der Waals surface area contributed by atoms with Crippen LogP contribution in [0.15, 0.2) is 34.9 Å². The third kappa shape index (κ3) is 3.16. The summed E-state index contributed by atoms with van der Waals surface area (Å²) < 4.78 is 15.7. The van der Waals surface area contributed by atoms with Gasteiger partial charge in [-0.05, 0) is 18.1 Å². The Kier molecular flexibility index (Phi) is 3.77. The van der Waals surface area contributed by atoms with Gasteiger partial charge in [-0.3, -0.25) is 4.79 Å². The molecule has 1 aliphatic heterocycles. The highest BCUT2D eigenvalue weighted by Crippen LogP contribution is 2.31. The Balaban J connectivity index is 1.58. The average Bonchev–Trinajstić information content (AvgIpc) is 2.91. The van der Waals surface area contributed by atoms with E-state index in [0.29, 0.717) is 18.2 Å². The predicted octanol–water partition coefficient (Wildman–Crippen LogP) is 2.00. The second kappa shape index (κ2) is 5.87. The lowest BCUT2D eigenvalue weighted by Crippen LogP contribution is -2.35. The Bertz CT molecular complexity index is 638. The summed E-state index contributed by atoms with van der Waals surface area (Å²) >= 11 is 0. The number of benzene rings is 1. The minimum atomic E-state index is -0.197. The van der Waals surface area contributed by atoms with Crippen molar-refractivity contribution in [1.82, 2.24) is 10.5 Å². The number of para-hydroxylation sites is 1. The van der Waals surface area contributed by atoms with Crippen LogP contribution in [-0.2, 0) is 4.79 Å². The molecule has 2 heterocycles. The van der Waals surface area contributed by atoms with Gasteiger partial charge in [-0.25, -0.2) is 0 Å². The van der Waals surface area contributed by atoms with E-state index in [1.165, 1.54) is 0 Å². The number of aromatic nitrogens is 1. The third-order valence-electron chi connectivity index (χ3n) is 3.25. The van der Waals surface area contributed by atoms with Gasteiger partial charge in [0, 0.05) is 18.1 Å². The van der Waals surface area contributed by atoms with Gasteiger partial charge in [0.2, 0.25) is 0 Å². The lowest BCUT2D eigenvalue weighted by atomic mass is 10.0. The van der Waals surface area contributed by atoms with Gasteiger partial charge in [-0.2, -0.15) is 0 Å². The molecule has 110 valence electrons. The second-order valence-electron chi connectivity index (χ2n) is 4.86. The van der Waals surface area contributed by atoms with Crippen molar-refractivity contribution in [3.05, 3.63) is 41.7 Å². The molecule has 3 rings (SSSR count). The molecule has 1 aromatic carbocycles. The molecule has 6 heteroatoms. The van der Waals surface area contributed by atoms with Crippen LogP contribution in [0.25, 0.3) is 0 Å². The molecule has 1 aromatic heterocycles. The molecule has 2 aromatic rings. The minimum Gasteiger partial charge on any atom is -0.493 e. The van der Waals surface area contributed by atoms with Crippen LogP contribution >= 0.6 is 0 Å². The third-order valence-corrected chi connectivity index (χ3v) is 3.25. The van der Waals surface area contributed by atoms with Crippen molar-refractivity contribution in [3.8, 4) is 11.6 Å². The van der Waals surface area contributed by atoms with Gasteiger partial charge in [0.05, 0.1) is 12.6 Å².